The van der Waals surface area contributed by atoms with Gasteiger partial charge in [-0.2, -0.15) is 0 Å². The van der Waals surface area contributed by atoms with Gasteiger partial charge in [0, 0.05) is 30.1 Å². The highest BCUT2D eigenvalue weighted by atomic mass is 32.1. The van der Waals surface area contributed by atoms with E-state index < -0.39 is 0 Å². The molecule has 3 nitrogen and oxygen atoms in total. The molecular weight excluding hydrogens is 220 g/mol. The van der Waals surface area contributed by atoms with E-state index in [1.165, 1.54) is 0 Å². The molecule has 0 aliphatic carbocycles. The molecule has 2 atom stereocenters. The van der Waals surface area contributed by atoms with Crippen LogP contribution in [0.2, 0.25) is 0 Å². The van der Waals surface area contributed by atoms with Crippen molar-refractivity contribution >= 4 is 11.3 Å². The van der Waals surface area contributed by atoms with Crippen LogP contribution in [0.1, 0.15) is 44.7 Å². The van der Waals surface area contributed by atoms with E-state index in [1.54, 1.807) is 11.3 Å². The summed E-state index contributed by atoms with van der Waals surface area (Å²) < 4.78 is 0. The largest absolute Gasteiger partial charge is 0.396 e. The number of nitrogens with one attached hydrogen (secondary N) is 1. The third-order valence-corrected chi connectivity index (χ3v) is 4.06. The normalized spacial score (nSPS) is 17.0. The van der Waals surface area contributed by atoms with E-state index in [2.05, 4.69) is 31.1 Å². The Kier molecular flexibility index (Phi) is 5.38. The first-order chi connectivity index (χ1) is 7.65. The molecule has 1 heterocycles. The van der Waals surface area contributed by atoms with Crippen molar-refractivity contribution in [2.45, 2.75) is 39.7 Å². The molecule has 0 radical (unpaired) electrons. The second-order valence-corrected chi connectivity index (χ2v) is 5.46. The monoisotopic (exact) mass is 242 g/mol. The fourth-order valence-corrected chi connectivity index (χ4v) is 2.27. The molecule has 0 amide bonds. The zero-order valence-corrected chi connectivity index (χ0v) is 11.2. The predicted molar refractivity (Wildman–Crippen MR) is 68.6 cm³/mol. The number of aliphatic hydroxyl groups is 1. The molecule has 16 heavy (non-hydrogen) atoms. The van der Waals surface area contributed by atoms with Crippen LogP contribution in [0.25, 0.3) is 0 Å². The van der Waals surface area contributed by atoms with Crippen molar-refractivity contribution in [3.05, 3.63) is 16.6 Å². The van der Waals surface area contributed by atoms with Gasteiger partial charge in [-0.15, -0.1) is 11.3 Å². The van der Waals surface area contributed by atoms with E-state index in [-0.39, 0.29) is 12.0 Å². The van der Waals surface area contributed by atoms with Gasteiger partial charge in [0.05, 0.1) is 6.04 Å². The van der Waals surface area contributed by atoms with Crippen molar-refractivity contribution in [2.75, 3.05) is 13.2 Å². The molecule has 1 aromatic rings. The van der Waals surface area contributed by atoms with Crippen molar-refractivity contribution in [3.8, 4) is 0 Å². The molecule has 0 aromatic carbocycles. The Labute approximate surface area is 102 Å². The molecule has 2 N–H and O–H groups in total. The van der Waals surface area contributed by atoms with Crippen molar-refractivity contribution in [1.82, 2.24) is 10.3 Å². The summed E-state index contributed by atoms with van der Waals surface area (Å²) in [6.45, 7) is 7.43. The molecule has 2 unspecified atom stereocenters. The highest BCUT2D eigenvalue weighted by Gasteiger charge is 2.22. The minimum Gasteiger partial charge on any atom is -0.396 e. The number of nitrogens with zero attached hydrogens (tertiary/aromatic N) is 1. The van der Waals surface area contributed by atoms with Crippen molar-refractivity contribution in [1.29, 1.82) is 0 Å². The molecule has 0 aliphatic rings. The first-order valence-corrected chi connectivity index (χ1v) is 6.76. The Bertz CT molecular complexity index is 283. The number of thiazole rings is 1. The van der Waals surface area contributed by atoms with Crippen molar-refractivity contribution in [3.63, 3.8) is 0 Å². The summed E-state index contributed by atoms with van der Waals surface area (Å²) in [5.41, 5.74) is -0.0231. The molecule has 4 heteroatoms. The van der Waals surface area contributed by atoms with E-state index in [9.17, 15) is 5.11 Å². The van der Waals surface area contributed by atoms with Crippen LogP contribution in [0.3, 0.4) is 0 Å². The van der Waals surface area contributed by atoms with Gasteiger partial charge in [-0.3, -0.25) is 0 Å². The summed E-state index contributed by atoms with van der Waals surface area (Å²) in [4.78, 5) is 4.33. The third-order valence-electron chi connectivity index (χ3n) is 3.17. The SMILES string of the molecule is CCC(NCC(C)(CC)CO)c1nccs1. The fourth-order valence-electron chi connectivity index (χ4n) is 1.48. The van der Waals surface area contributed by atoms with Gasteiger partial charge in [0.15, 0.2) is 0 Å². The maximum atomic E-state index is 9.35. The maximum Gasteiger partial charge on any atom is 0.109 e. The van der Waals surface area contributed by atoms with E-state index in [1.807, 2.05) is 11.6 Å². The number of hydrogen-bond donors (Lipinski definition) is 2. The number of hydrogen-bond acceptors (Lipinski definition) is 4. The molecule has 0 saturated heterocycles. The molecule has 1 rings (SSSR count). The Balaban J connectivity index is 2.52. The summed E-state index contributed by atoms with van der Waals surface area (Å²) in [5.74, 6) is 0. The lowest BCUT2D eigenvalue weighted by atomic mass is 9.88. The smallest absolute Gasteiger partial charge is 0.109 e. The molecule has 1 aromatic heterocycles. The molecule has 0 saturated carbocycles. The number of aliphatic hydroxyl groups excluding tert-OH is 1. The summed E-state index contributed by atoms with van der Waals surface area (Å²) in [6.07, 6.45) is 3.85. The minimum absolute atomic E-state index is 0.0231. The van der Waals surface area contributed by atoms with Gasteiger partial charge in [0.25, 0.3) is 0 Å². The van der Waals surface area contributed by atoms with Crippen LogP contribution in [0.5, 0.6) is 0 Å². The molecule has 0 bridgehead atoms. The first-order valence-electron chi connectivity index (χ1n) is 5.89. The van der Waals surface area contributed by atoms with Crippen LogP contribution < -0.4 is 5.32 Å². The van der Waals surface area contributed by atoms with E-state index >= 15 is 0 Å². The first kappa shape index (κ1) is 13.6. The highest BCUT2D eigenvalue weighted by Crippen LogP contribution is 2.23. The maximum absolute atomic E-state index is 9.35. The zero-order chi connectivity index (χ0) is 12.0. The molecule has 0 fully saturated rings. The van der Waals surface area contributed by atoms with E-state index in [0.717, 1.165) is 24.4 Å². The highest BCUT2D eigenvalue weighted by molar-refractivity contribution is 7.09. The second kappa shape index (κ2) is 6.33. The zero-order valence-electron chi connectivity index (χ0n) is 10.4. The van der Waals surface area contributed by atoms with E-state index in [0.29, 0.717) is 6.04 Å². The van der Waals surface area contributed by atoms with Crippen LogP contribution >= 0.6 is 11.3 Å². The average molecular weight is 242 g/mol. The lowest BCUT2D eigenvalue weighted by Crippen LogP contribution is -2.36. The Hall–Kier alpha value is -0.450. The van der Waals surface area contributed by atoms with Crippen molar-refractivity contribution in [2.24, 2.45) is 5.41 Å². The molecule has 0 spiro atoms. The fraction of sp³-hybridized carbons (Fsp3) is 0.750. The Morgan fingerprint density at radius 1 is 1.56 bits per heavy atom. The van der Waals surface area contributed by atoms with Gasteiger partial charge in [-0.25, -0.2) is 4.98 Å². The molecular formula is C12H22N2OS. The van der Waals surface area contributed by atoms with Crippen molar-refractivity contribution < 1.29 is 5.11 Å². The Morgan fingerprint density at radius 2 is 2.31 bits per heavy atom. The number of rotatable bonds is 7. The van der Waals surface area contributed by atoms with Crippen LogP contribution in [0.15, 0.2) is 11.6 Å². The second-order valence-electron chi connectivity index (χ2n) is 4.53. The summed E-state index contributed by atoms with van der Waals surface area (Å²) >= 11 is 1.69. The van der Waals surface area contributed by atoms with Gasteiger partial charge in [0.1, 0.15) is 5.01 Å². The van der Waals surface area contributed by atoms with Crippen LogP contribution in [0, 0.1) is 5.41 Å². The van der Waals surface area contributed by atoms with Crippen LogP contribution in [-0.2, 0) is 0 Å². The third kappa shape index (κ3) is 3.54. The quantitative estimate of drug-likeness (QED) is 0.772. The molecule has 92 valence electrons. The minimum atomic E-state index is -0.0231. The summed E-state index contributed by atoms with van der Waals surface area (Å²) in [7, 11) is 0. The Morgan fingerprint density at radius 3 is 2.75 bits per heavy atom. The van der Waals surface area contributed by atoms with Gasteiger partial charge >= 0.3 is 0 Å². The predicted octanol–water partition coefficient (Wildman–Crippen LogP) is 2.59. The standard InChI is InChI=1S/C12H22N2OS/c1-4-10(11-13-6-7-16-11)14-8-12(3,5-2)9-15/h6-7,10,14-15H,4-5,8-9H2,1-3H3. The molecule has 0 aliphatic heterocycles. The number of aromatic nitrogens is 1. The summed E-state index contributed by atoms with van der Waals surface area (Å²) in [6, 6.07) is 0.317. The van der Waals surface area contributed by atoms with Crippen LogP contribution in [-0.4, -0.2) is 23.2 Å². The summed E-state index contributed by atoms with van der Waals surface area (Å²) in [5, 5.41) is 16.0. The van der Waals surface area contributed by atoms with Gasteiger partial charge in [-0.1, -0.05) is 20.8 Å². The van der Waals surface area contributed by atoms with Gasteiger partial charge in [-0.05, 0) is 12.8 Å². The van der Waals surface area contributed by atoms with Crippen LogP contribution in [0.4, 0.5) is 0 Å². The van der Waals surface area contributed by atoms with E-state index in [4.69, 9.17) is 0 Å². The van der Waals surface area contributed by atoms with Gasteiger partial charge in [0.2, 0.25) is 0 Å². The van der Waals surface area contributed by atoms with Gasteiger partial charge < -0.3 is 10.4 Å². The lowest BCUT2D eigenvalue weighted by Gasteiger charge is -2.28. The lowest BCUT2D eigenvalue weighted by molar-refractivity contribution is 0.131. The average Bonchev–Trinajstić information content (AvgIpc) is 2.83. The topological polar surface area (TPSA) is 45.1 Å².